The first-order valence-electron chi connectivity index (χ1n) is 7.24. The largest absolute Gasteiger partial charge is 0.497 e. The van der Waals surface area contributed by atoms with Crippen LogP contribution in [-0.4, -0.2) is 26.0 Å². The Morgan fingerprint density at radius 3 is 1.92 bits per heavy atom. The highest BCUT2D eigenvalue weighted by Crippen LogP contribution is 2.37. The molecule has 0 saturated heterocycles. The van der Waals surface area contributed by atoms with E-state index in [2.05, 4.69) is 0 Å². The molecule has 1 aliphatic rings. The Bertz CT molecular complexity index is 868. The molecular weight excluding hydrogens is 365 g/mol. The summed E-state index contributed by atoms with van der Waals surface area (Å²) in [5.41, 5.74) is 0.962. The molecule has 1 aliphatic heterocycles. The van der Waals surface area contributed by atoms with Crippen LogP contribution < -0.4 is 14.4 Å². The van der Waals surface area contributed by atoms with Crippen molar-refractivity contribution in [2.75, 3.05) is 19.1 Å². The fourth-order valence-electron chi connectivity index (χ4n) is 2.53. The lowest BCUT2D eigenvalue weighted by molar-refractivity contribution is -0.119. The normalized spacial score (nSPS) is 14.3. The third-order valence-electron chi connectivity index (χ3n) is 3.75. The van der Waals surface area contributed by atoms with Crippen LogP contribution in [0.1, 0.15) is 5.56 Å². The van der Waals surface area contributed by atoms with Crippen molar-refractivity contribution in [2.24, 2.45) is 0 Å². The van der Waals surface area contributed by atoms with Crippen molar-refractivity contribution in [3.63, 3.8) is 0 Å². The average molecular weight is 378 g/mol. The number of methoxy groups -OCH3 is 2. The third kappa shape index (κ3) is 3.08. The number of anilines is 1. The first-order valence-corrected chi connectivity index (χ1v) is 7.99. The summed E-state index contributed by atoms with van der Waals surface area (Å²) in [7, 11) is 2.97. The molecule has 0 bridgehead atoms. The van der Waals surface area contributed by atoms with Crippen LogP contribution in [0.5, 0.6) is 11.5 Å². The summed E-state index contributed by atoms with van der Waals surface area (Å²) in [6, 6.07) is 11.3. The highest BCUT2D eigenvalue weighted by molar-refractivity contribution is 6.60. The Morgan fingerprint density at radius 2 is 1.40 bits per heavy atom. The van der Waals surface area contributed by atoms with Crippen LogP contribution in [-0.2, 0) is 9.59 Å². The summed E-state index contributed by atoms with van der Waals surface area (Å²) in [5, 5.41) is 0.376. The molecule has 3 rings (SSSR count). The van der Waals surface area contributed by atoms with Crippen molar-refractivity contribution < 1.29 is 19.1 Å². The Labute approximate surface area is 154 Å². The summed E-state index contributed by atoms with van der Waals surface area (Å²) in [6.45, 7) is 0. The van der Waals surface area contributed by atoms with E-state index in [9.17, 15) is 9.59 Å². The predicted octanol–water partition coefficient (Wildman–Crippen LogP) is 3.88. The van der Waals surface area contributed by atoms with Crippen molar-refractivity contribution in [2.45, 2.75) is 0 Å². The van der Waals surface area contributed by atoms with Gasteiger partial charge in [0, 0.05) is 23.2 Å². The van der Waals surface area contributed by atoms with E-state index < -0.39 is 11.8 Å². The number of hydrogen-bond donors (Lipinski definition) is 0. The molecule has 1 heterocycles. The monoisotopic (exact) mass is 377 g/mol. The minimum Gasteiger partial charge on any atom is -0.497 e. The molecule has 25 heavy (non-hydrogen) atoms. The van der Waals surface area contributed by atoms with E-state index in [0.717, 1.165) is 4.90 Å². The van der Waals surface area contributed by atoms with Gasteiger partial charge in [0.2, 0.25) is 0 Å². The molecule has 2 amide bonds. The Kier molecular flexibility index (Phi) is 4.70. The Hall–Kier alpha value is -2.50. The van der Waals surface area contributed by atoms with Gasteiger partial charge in [0.1, 0.15) is 16.5 Å². The van der Waals surface area contributed by atoms with Gasteiger partial charge in [0.05, 0.1) is 25.5 Å². The number of amides is 2. The summed E-state index contributed by atoms with van der Waals surface area (Å²) >= 11 is 12.0. The second-order valence-corrected chi connectivity index (χ2v) is 6.03. The van der Waals surface area contributed by atoms with Crippen molar-refractivity contribution in [3.05, 3.63) is 58.1 Å². The van der Waals surface area contributed by atoms with Crippen LogP contribution >= 0.6 is 23.2 Å². The third-order valence-corrected chi connectivity index (χ3v) is 4.36. The minimum absolute atomic E-state index is 0.130. The first kappa shape index (κ1) is 17.3. The molecule has 0 unspecified atom stereocenters. The highest BCUT2D eigenvalue weighted by Gasteiger charge is 2.39. The second-order valence-electron chi connectivity index (χ2n) is 5.21. The number of rotatable bonds is 4. The van der Waals surface area contributed by atoms with Crippen LogP contribution in [0.4, 0.5) is 5.69 Å². The fourth-order valence-corrected chi connectivity index (χ4v) is 2.93. The summed E-state index contributed by atoms with van der Waals surface area (Å²) in [4.78, 5) is 26.4. The van der Waals surface area contributed by atoms with E-state index in [1.165, 1.54) is 14.2 Å². The zero-order chi connectivity index (χ0) is 18.1. The van der Waals surface area contributed by atoms with Gasteiger partial charge in [-0.25, -0.2) is 4.90 Å². The molecule has 2 aromatic carbocycles. The molecule has 5 nitrogen and oxygen atoms in total. The molecule has 0 atom stereocenters. The van der Waals surface area contributed by atoms with Gasteiger partial charge in [-0.3, -0.25) is 9.59 Å². The van der Waals surface area contributed by atoms with Gasteiger partial charge in [-0.15, -0.1) is 0 Å². The van der Waals surface area contributed by atoms with Crippen LogP contribution in [0.3, 0.4) is 0 Å². The molecule has 7 heteroatoms. The van der Waals surface area contributed by atoms with Gasteiger partial charge in [-0.1, -0.05) is 35.3 Å². The summed E-state index contributed by atoms with van der Waals surface area (Å²) in [6.07, 6.45) is 0. The quantitative estimate of drug-likeness (QED) is 0.758. The van der Waals surface area contributed by atoms with E-state index in [0.29, 0.717) is 27.8 Å². The molecule has 0 fully saturated rings. The lowest BCUT2D eigenvalue weighted by atomic mass is 10.1. The highest BCUT2D eigenvalue weighted by atomic mass is 35.5. The number of nitrogens with zero attached hydrogens (tertiary/aromatic N) is 1. The number of carbonyl (C=O) groups excluding carboxylic acids is 2. The molecular formula is C18H13Cl2NO4. The molecule has 0 spiro atoms. The van der Waals surface area contributed by atoms with Gasteiger partial charge in [-0.2, -0.15) is 0 Å². The molecule has 2 aromatic rings. The Balaban J connectivity index is 2.05. The molecule has 0 radical (unpaired) electrons. The maximum Gasteiger partial charge on any atom is 0.277 e. The lowest BCUT2D eigenvalue weighted by Crippen LogP contribution is -2.31. The van der Waals surface area contributed by atoms with Crippen molar-refractivity contribution in [1.29, 1.82) is 0 Å². The van der Waals surface area contributed by atoms with Crippen molar-refractivity contribution in [3.8, 4) is 11.5 Å². The van der Waals surface area contributed by atoms with Gasteiger partial charge < -0.3 is 9.47 Å². The van der Waals surface area contributed by atoms with Crippen LogP contribution in [0.15, 0.2) is 47.5 Å². The summed E-state index contributed by atoms with van der Waals surface area (Å²) in [5.74, 6) is -0.225. The molecule has 0 N–H and O–H groups in total. The topological polar surface area (TPSA) is 55.8 Å². The SMILES string of the molecule is COc1cc(OC)cc(N2C(=O)C(Cl)=C(c3ccc(Cl)cc3)C2=O)c1. The maximum absolute atomic E-state index is 12.9. The van der Waals surface area contributed by atoms with Gasteiger partial charge >= 0.3 is 0 Å². The smallest absolute Gasteiger partial charge is 0.277 e. The van der Waals surface area contributed by atoms with E-state index in [1.54, 1.807) is 42.5 Å². The molecule has 0 aliphatic carbocycles. The number of imide groups is 1. The Morgan fingerprint density at radius 1 is 0.840 bits per heavy atom. The zero-order valence-corrected chi connectivity index (χ0v) is 14.9. The number of carbonyl (C=O) groups is 2. The van der Waals surface area contributed by atoms with Crippen LogP contribution in [0.2, 0.25) is 5.02 Å². The van der Waals surface area contributed by atoms with Gasteiger partial charge in [0.25, 0.3) is 11.8 Å². The standard InChI is InChI=1S/C18H13Cl2NO4/c1-24-13-7-12(8-14(9-13)25-2)21-17(22)15(16(20)18(21)23)10-3-5-11(19)6-4-10/h3-9H,1-2H3. The second kappa shape index (κ2) is 6.78. The van der Waals surface area contributed by atoms with E-state index in [1.807, 2.05) is 0 Å². The fraction of sp³-hybridized carbons (Fsp3) is 0.111. The van der Waals surface area contributed by atoms with Gasteiger partial charge in [0.15, 0.2) is 0 Å². The first-order chi connectivity index (χ1) is 12.0. The number of benzene rings is 2. The lowest BCUT2D eigenvalue weighted by Gasteiger charge is -2.17. The number of halogens is 2. The van der Waals surface area contributed by atoms with Crippen LogP contribution in [0.25, 0.3) is 5.57 Å². The van der Waals surface area contributed by atoms with Gasteiger partial charge in [-0.05, 0) is 17.7 Å². The van der Waals surface area contributed by atoms with Crippen molar-refractivity contribution in [1.82, 2.24) is 0 Å². The number of hydrogen-bond acceptors (Lipinski definition) is 4. The molecule has 128 valence electrons. The maximum atomic E-state index is 12.9. The minimum atomic E-state index is -0.605. The van der Waals surface area contributed by atoms with E-state index >= 15 is 0 Å². The van der Waals surface area contributed by atoms with E-state index in [4.69, 9.17) is 32.7 Å². The molecule has 0 aromatic heterocycles. The number of ether oxygens (including phenoxy) is 2. The van der Waals surface area contributed by atoms with Crippen LogP contribution in [0, 0.1) is 0 Å². The predicted molar refractivity (Wildman–Crippen MR) is 96.3 cm³/mol. The van der Waals surface area contributed by atoms with Crippen molar-refractivity contribution >= 4 is 46.3 Å². The average Bonchev–Trinajstić information content (AvgIpc) is 2.84. The summed E-state index contributed by atoms with van der Waals surface area (Å²) < 4.78 is 10.4. The zero-order valence-electron chi connectivity index (χ0n) is 13.4. The molecule has 0 saturated carbocycles. The van der Waals surface area contributed by atoms with E-state index in [-0.39, 0.29) is 10.6 Å².